The van der Waals surface area contributed by atoms with Crippen LogP contribution in [-0.4, -0.2) is 13.2 Å². The Morgan fingerprint density at radius 3 is 2.68 bits per heavy atom. The van der Waals surface area contributed by atoms with Gasteiger partial charge in [0.15, 0.2) is 11.5 Å². The van der Waals surface area contributed by atoms with Crippen LogP contribution in [0.3, 0.4) is 0 Å². The number of hydrogen-bond donors (Lipinski definition) is 0. The number of methoxy groups -OCH3 is 1. The van der Waals surface area contributed by atoms with Gasteiger partial charge in [0.05, 0.1) is 19.3 Å². The zero-order chi connectivity index (χ0) is 13.7. The Hall–Kier alpha value is -1.95. The largest absolute Gasteiger partial charge is 0.493 e. The molecule has 0 spiro atoms. The lowest BCUT2D eigenvalue weighted by Gasteiger charge is -2.17. The molecule has 1 aliphatic rings. The topological polar surface area (TPSA) is 42.2 Å². The molecule has 0 aromatic heterocycles. The molecule has 0 saturated heterocycles. The molecule has 0 amide bonds. The van der Waals surface area contributed by atoms with Gasteiger partial charge in [-0.25, -0.2) is 0 Å². The summed E-state index contributed by atoms with van der Waals surface area (Å²) in [4.78, 5) is 0. The van der Waals surface area contributed by atoms with Crippen molar-refractivity contribution in [1.29, 1.82) is 5.26 Å². The Morgan fingerprint density at radius 2 is 2.05 bits per heavy atom. The first-order valence-electron chi connectivity index (χ1n) is 6.66. The maximum Gasteiger partial charge on any atom is 0.162 e. The van der Waals surface area contributed by atoms with Crippen molar-refractivity contribution in [3.8, 4) is 17.6 Å². The highest BCUT2D eigenvalue weighted by molar-refractivity contribution is 5.68. The number of ether oxygens (including phenoxy) is 2. The average Bonchev–Trinajstić information content (AvgIpc) is 2.92. The molecule has 3 nitrogen and oxygen atoms in total. The first-order chi connectivity index (χ1) is 9.24. The van der Waals surface area contributed by atoms with E-state index in [1.165, 1.54) is 12.8 Å². The molecule has 0 atom stereocenters. The fourth-order valence-corrected chi connectivity index (χ4v) is 2.38. The summed E-state index contributed by atoms with van der Waals surface area (Å²) in [6.45, 7) is 1.92. The minimum atomic E-state index is 0.296. The van der Waals surface area contributed by atoms with Crippen molar-refractivity contribution in [2.24, 2.45) is 0 Å². The molecule has 0 unspecified atom stereocenters. The summed E-state index contributed by atoms with van der Waals surface area (Å²) in [6, 6.07) is 7.86. The van der Waals surface area contributed by atoms with Crippen LogP contribution >= 0.6 is 0 Å². The van der Waals surface area contributed by atoms with Gasteiger partial charge >= 0.3 is 0 Å². The Labute approximate surface area is 114 Å². The molecule has 1 aliphatic carbocycles. The van der Waals surface area contributed by atoms with E-state index >= 15 is 0 Å². The Bertz CT molecular complexity index is 508. The Kier molecular flexibility index (Phi) is 4.46. The predicted octanol–water partition coefficient (Wildman–Crippen LogP) is 3.94. The summed E-state index contributed by atoms with van der Waals surface area (Å²) in [5.41, 5.74) is 1.93. The van der Waals surface area contributed by atoms with E-state index in [9.17, 15) is 0 Å². The minimum Gasteiger partial charge on any atom is -0.493 e. The van der Waals surface area contributed by atoms with Crippen LogP contribution in [0.4, 0.5) is 0 Å². The molecule has 1 fully saturated rings. The van der Waals surface area contributed by atoms with Crippen LogP contribution in [0, 0.1) is 11.3 Å². The van der Waals surface area contributed by atoms with Gasteiger partial charge < -0.3 is 9.47 Å². The van der Waals surface area contributed by atoms with Gasteiger partial charge in [-0.15, -0.1) is 0 Å². The van der Waals surface area contributed by atoms with Crippen molar-refractivity contribution in [3.63, 3.8) is 0 Å². The second kappa shape index (κ2) is 6.29. The van der Waals surface area contributed by atoms with E-state index in [1.807, 2.05) is 25.1 Å². The van der Waals surface area contributed by atoms with Crippen LogP contribution in [-0.2, 0) is 0 Å². The van der Waals surface area contributed by atoms with Gasteiger partial charge in [-0.2, -0.15) is 5.26 Å². The first kappa shape index (κ1) is 13.5. The van der Waals surface area contributed by atoms with Gasteiger partial charge in [0.1, 0.15) is 0 Å². The summed E-state index contributed by atoms with van der Waals surface area (Å²) in [7, 11) is 1.65. The standard InChI is InChI=1S/C16H19NO2/c1-12(9-10-17)13-7-8-15(18-2)16(11-13)19-14-5-3-4-6-14/h7-9,11,14H,3-6H2,1-2H3. The predicted molar refractivity (Wildman–Crippen MR) is 75.1 cm³/mol. The highest BCUT2D eigenvalue weighted by atomic mass is 16.5. The number of rotatable bonds is 4. The fraction of sp³-hybridized carbons (Fsp3) is 0.438. The zero-order valence-corrected chi connectivity index (χ0v) is 11.5. The fourth-order valence-electron chi connectivity index (χ4n) is 2.38. The Morgan fingerprint density at radius 1 is 1.32 bits per heavy atom. The third kappa shape index (κ3) is 3.29. The quantitative estimate of drug-likeness (QED) is 0.767. The molecule has 0 radical (unpaired) electrons. The molecule has 0 heterocycles. The summed E-state index contributed by atoms with van der Waals surface area (Å²) in [6.07, 6.45) is 6.53. The highest BCUT2D eigenvalue weighted by Crippen LogP contribution is 2.33. The normalized spacial score (nSPS) is 16.2. The molecule has 1 saturated carbocycles. The van der Waals surface area contributed by atoms with Gasteiger partial charge in [-0.3, -0.25) is 0 Å². The van der Waals surface area contributed by atoms with Crippen LogP contribution in [0.25, 0.3) is 5.57 Å². The lowest BCUT2D eigenvalue weighted by atomic mass is 10.1. The van der Waals surface area contributed by atoms with Crippen molar-refractivity contribution in [2.45, 2.75) is 38.7 Å². The number of allylic oxidation sites excluding steroid dienone is 2. The van der Waals surface area contributed by atoms with Gasteiger partial charge in [0.2, 0.25) is 0 Å². The summed E-state index contributed by atoms with van der Waals surface area (Å²) in [5.74, 6) is 1.53. The summed E-state index contributed by atoms with van der Waals surface area (Å²) >= 11 is 0. The summed E-state index contributed by atoms with van der Waals surface area (Å²) in [5, 5.41) is 8.72. The van der Waals surface area contributed by atoms with E-state index in [-0.39, 0.29) is 0 Å². The van der Waals surface area contributed by atoms with E-state index < -0.39 is 0 Å². The van der Waals surface area contributed by atoms with Crippen molar-refractivity contribution in [1.82, 2.24) is 0 Å². The molecule has 100 valence electrons. The smallest absolute Gasteiger partial charge is 0.162 e. The van der Waals surface area contributed by atoms with Gasteiger partial charge in [0, 0.05) is 6.08 Å². The van der Waals surface area contributed by atoms with E-state index in [2.05, 4.69) is 6.07 Å². The zero-order valence-electron chi connectivity index (χ0n) is 11.5. The van der Waals surface area contributed by atoms with Crippen molar-refractivity contribution >= 4 is 5.57 Å². The Balaban J connectivity index is 2.25. The molecule has 0 N–H and O–H groups in total. The first-order valence-corrected chi connectivity index (χ1v) is 6.66. The number of nitriles is 1. The van der Waals surface area contributed by atoms with Crippen molar-refractivity contribution < 1.29 is 9.47 Å². The van der Waals surface area contributed by atoms with Crippen LogP contribution in [0.5, 0.6) is 11.5 Å². The van der Waals surface area contributed by atoms with Gasteiger partial charge in [0.25, 0.3) is 0 Å². The monoisotopic (exact) mass is 257 g/mol. The second-order valence-corrected chi connectivity index (χ2v) is 4.85. The molecular formula is C16H19NO2. The SMILES string of the molecule is COc1ccc(C(C)=CC#N)cc1OC1CCCC1. The van der Waals surface area contributed by atoms with E-state index in [1.54, 1.807) is 13.2 Å². The van der Waals surface area contributed by atoms with E-state index in [0.717, 1.165) is 35.5 Å². The van der Waals surface area contributed by atoms with Crippen LogP contribution in [0.15, 0.2) is 24.3 Å². The van der Waals surface area contributed by atoms with Crippen LogP contribution in [0.2, 0.25) is 0 Å². The lowest BCUT2D eigenvalue weighted by Crippen LogP contribution is -2.11. The maximum absolute atomic E-state index is 8.72. The van der Waals surface area contributed by atoms with Crippen molar-refractivity contribution in [2.75, 3.05) is 7.11 Å². The third-order valence-electron chi connectivity index (χ3n) is 3.50. The van der Waals surface area contributed by atoms with E-state index in [0.29, 0.717) is 6.10 Å². The number of hydrogen-bond acceptors (Lipinski definition) is 3. The third-order valence-corrected chi connectivity index (χ3v) is 3.50. The van der Waals surface area contributed by atoms with Gasteiger partial charge in [-0.1, -0.05) is 6.07 Å². The lowest BCUT2D eigenvalue weighted by molar-refractivity contribution is 0.200. The molecule has 0 aliphatic heterocycles. The number of nitrogens with zero attached hydrogens (tertiary/aromatic N) is 1. The maximum atomic E-state index is 8.72. The molecular weight excluding hydrogens is 238 g/mol. The molecule has 1 aromatic carbocycles. The number of benzene rings is 1. The summed E-state index contributed by atoms with van der Waals surface area (Å²) < 4.78 is 11.4. The molecule has 1 aromatic rings. The van der Waals surface area contributed by atoms with Crippen LogP contribution in [0.1, 0.15) is 38.2 Å². The minimum absolute atomic E-state index is 0.296. The molecule has 19 heavy (non-hydrogen) atoms. The average molecular weight is 257 g/mol. The van der Waals surface area contributed by atoms with Gasteiger partial charge in [-0.05, 0) is 55.9 Å². The molecule has 3 heteroatoms. The van der Waals surface area contributed by atoms with Crippen LogP contribution < -0.4 is 9.47 Å². The highest BCUT2D eigenvalue weighted by Gasteiger charge is 2.18. The molecule has 2 rings (SSSR count). The van der Waals surface area contributed by atoms with E-state index in [4.69, 9.17) is 14.7 Å². The second-order valence-electron chi connectivity index (χ2n) is 4.85. The molecule has 0 bridgehead atoms. The van der Waals surface area contributed by atoms with Crippen molar-refractivity contribution in [3.05, 3.63) is 29.8 Å².